The molecule has 110 valence electrons. The molecule has 2 aromatic carbocycles. The Labute approximate surface area is 133 Å². The van der Waals surface area contributed by atoms with E-state index in [2.05, 4.69) is 27.3 Å². The lowest BCUT2D eigenvalue weighted by atomic mass is 10.1. The number of amides is 1. The van der Waals surface area contributed by atoms with E-state index in [1.54, 1.807) is 7.11 Å². The van der Waals surface area contributed by atoms with Crippen LogP contribution in [0.1, 0.15) is 22.3 Å². The third-order valence-corrected chi connectivity index (χ3v) is 3.70. The molecule has 21 heavy (non-hydrogen) atoms. The first-order chi connectivity index (χ1) is 10.2. The number of nitrogens with one attached hydrogen (secondary N) is 1. The minimum atomic E-state index is -0.0341. The van der Waals surface area contributed by atoms with Crippen molar-refractivity contribution >= 4 is 21.8 Å². The number of halogens is 1. The predicted octanol–water partition coefficient (Wildman–Crippen LogP) is 3.82. The summed E-state index contributed by atoms with van der Waals surface area (Å²) in [6.45, 7) is 0.659. The Morgan fingerprint density at radius 1 is 1.19 bits per heavy atom. The van der Waals surface area contributed by atoms with Crippen LogP contribution < -0.4 is 10.1 Å². The van der Waals surface area contributed by atoms with Gasteiger partial charge in [-0.05, 0) is 54.8 Å². The van der Waals surface area contributed by atoms with Gasteiger partial charge in [0.2, 0.25) is 0 Å². The summed E-state index contributed by atoms with van der Waals surface area (Å²) in [5, 5.41) is 2.93. The van der Waals surface area contributed by atoms with Crippen LogP contribution in [-0.2, 0) is 6.42 Å². The number of methoxy groups -OCH3 is 1. The molecule has 0 bridgehead atoms. The predicted molar refractivity (Wildman–Crippen MR) is 87.8 cm³/mol. The van der Waals surface area contributed by atoms with E-state index >= 15 is 0 Å². The molecule has 0 aromatic heterocycles. The molecular weight excluding hydrogens is 330 g/mol. The molecule has 0 saturated carbocycles. The Kier molecular flexibility index (Phi) is 5.81. The fraction of sp³-hybridized carbons (Fsp3) is 0.235. The zero-order valence-corrected chi connectivity index (χ0v) is 13.5. The van der Waals surface area contributed by atoms with E-state index in [1.165, 1.54) is 5.56 Å². The molecule has 1 amide bonds. The lowest BCUT2D eigenvalue weighted by Gasteiger charge is -2.07. The fourth-order valence-corrected chi connectivity index (χ4v) is 2.29. The number of rotatable bonds is 6. The van der Waals surface area contributed by atoms with Gasteiger partial charge >= 0.3 is 0 Å². The summed E-state index contributed by atoms with van der Waals surface area (Å²) in [6, 6.07) is 15.3. The fourth-order valence-electron chi connectivity index (χ4n) is 2.03. The Bertz CT molecular complexity index is 596. The molecule has 0 heterocycles. The van der Waals surface area contributed by atoms with E-state index in [-0.39, 0.29) is 5.91 Å². The molecule has 4 heteroatoms. The topological polar surface area (TPSA) is 38.3 Å². The normalized spacial score (nSPS) is 10.2. The second kappa shape index (κ2) is 7.84. The molecule has 0 fully saturated rings. The van der Waals surface area contributed by atoms with E-state index in [0.29, 0.717) is 12.1 Å². The van der Waals surface area contributed by atoms with Crippen LogP contribution in [0, 0.1) is 0 Å². The highest BCUT2D eigenvalue weighted by Gasteiger charge is 2.04. The summed E-state index contributed by atoms with van der Waals surface area (Å²) in [6.07, 6.45) is 1.81. The highest BCUT2D eigenvalue weighted by molar-refractivity contribution is 9.10. The molecule has 0 unspecified atom stereocenters. The van der Waals surface area contributed by atoms with Gasteiger partial charge in [0.1, 0.15) is 5.75 Å². The molecule has 1 N–H and O–H groups in total. The maximum atomic E-state index is 11.9. The van der Waals surface area contributed by atoms with E-state index in [9.17, 15) is 4.79 Å². The minimum Gasteiger partial charge on any atom is -0.497 e. The van der Waals surface area contributed by atoms with Crippen LogP contribution in [0.2, 0.25) is 0 Å². The van der Waals surface area contributed by atoms with Crippen molar-refractivity contribution < 1.29 is 9.53 Å². The van der Waals surface area contributed by atoms with E-state index < -0.39 is 0 Å². The Morgan fingerprint density at radius 2 is 1.95 bits per heavy atom. The average Bonchev–Trinajstić information content (AvgIpc) is 2.52. The van der Waals surface area contributed by atoms with Crippen molar-refractivity contribution in [3.05, 3.63) is 64.1 Å². The average molecular weight is 348 g/mol. The van der Waals surface area contributed by atoms with Gasteiger partial charge in [-0.25, -0.2) is 0 Å². The lowest BCUT2D eigenvalue weighted by Crippen LogP contribution is -2.24. The largest absolute Gasteiger partial charge is 0.497 e. The van der Waals surface area contributed by atoms with Crippen LogP contribution in [0.25, 0.3) is 0 Å². The monoisotopic (exact) mass is 347 g/mol. The maximum Gasteiger partial charge on any atom is 0.251 e. The molecule has 0 saturated heterocycles. The maximum absolute atomic E-state index is 11.9. The zero-order valence-electron chi connectivity index (χ0n) is 11.9. The van der Waals surface area contributed by atoms with Crippen molar-refractivity contribution in [2.75, 3.05) is 13.7 Å². The summed E-state index contributed by atoms with van der Waals surface area (Å²) in [7, 11) is 1.66. The SMILES string of the molecule is COc1cccc(CCCNC(=O)c2ccc(Br)cc2)c1. The minimum absolute atomic E-state index is 0.0341. The molecular formula is C17H18BrNO2. The van der Waals surface area contributed by atoms with Crippen molar-refractivity contribution in [3.8, 4) is 5.75 Å². The molecule has 3 nitrogen and oxygen atoms in total. The van der Waals surface area contributed by atoms with Gasteiger partial charge in [0.25, 0.3) is 5.91 Å². The summed E-state index contributed by atoms with van der Waals surface area (Å²) in [5.74, 6) is 0.833. The molecule has 0 aliphatic rings. The van der Waals surface area contributed by atoms with Gasteiger partial charge in [-0.3, -0.25) is 4.79 Å². The first-order valence-corrected chi connectivity index (χ1v) is 7.65. The second-order valence-corrected chi connectivity index (χ2v) is 5.63. The lowest BCUT2D eigenvalue weighted by molar-refractivity contribution is 0.0953. The van der Waals surface area contributed by atoms with E-state index in [1.807, 2.05) is 42.5 Å². The van der Waals surface area contributed by atoms with Gasteiger partial charge in [0, 0.05) is 16.6 Å². The van der Waals surface area contributed by atoms with Crippen molar-refractivity contribution in [1.82, 2.24) is 5.32 Å². The van der Waals surface area contributed by atoms with Gasteiger partial charge in [0.05, 0.1) is 7.11 Å². The molecule has 0 aliphatic heterocycles. The van der Waals surface area contributed by atoms with Crippen LogP contribution in [-0.4, -0.2) is 19.6 Å². The van der Waals surface area contributed by atoms with Crippen LogP contribution >= 0.6 is 15.9 Å². The number of hydrogen-bond acceptors (Lipinski definition) is 2. The van der Waals surface area contributed by atoms with Crippen molar-refractivity contribution in [1.29, 1.82) is 0 Å². The smallest absolute Gasteiger partial charge is 0.251 e. The summed E-state index contributed by atoms with van der Waals surface area (Å²) >= 11 is 3.35. The highest BCUT2D eigenvalue weighted by atomic mass is 79.9. The molecule has 0 aliphatic carbocycles. The number of hydrogen-bond donors (Lipinski definition) is 1. The summed E-state index contributed by atoms with van der Waals surface area (Å²) in [4.78, 5) is 11.9. The van der Waals surface area contributed by atoms with Gasteiger partial charge in [-0.15, -0.1) is 0 Å². The first-order valence-electron chi connectivity index (χ1n) is 6.86. The van der Waals surface area contributed by atoms with Crippen molar-refractivity contribution in [2.24, 2.45) is 0 Å². The Hall–Kier alpha value is -1.81. The van der Waals surface area contributed by atoms with Crippen LogP contribution in [0.5, 0.6) is 5.75 Å². The molecule has 2 aromatic rings. The molecule has 2 rings (SSSR count). The number of benzene rings is 2. The molecule has 0 radical (unpaired) electrons. The van der Waals surface area contributed by atoms with Crippen LogP contribution in [0.3, 0.4) is 0 Å². The quantitative estimate of drug-likeness (QED) is 0.806. The molecule has 0 spiro atoms. The highest BCUT2D eigenvalue weighted by Crippen LogP contribution is 2.14. The van der Waals surface area contributed by atoms with Gasteiger partial charge in [-0.2, -0.15) is 0 Å². The third kappa shape index (κ3) is 4.90. The van der Waals surface area contributed by atoms with Crippen LogP contribution in [0.15, 0.2) is 53.0 Å². The van der Waals surface area contributed by atoms with Gasteiger partial charge < -0.3 is 10.1 Å². The number of ether oxygens (including phenoxy) is 1. The summed E-state index contributed by atoms with van der Waals surface area (Å²) in [5.41, 5.74) is 1.90. The first kappa shape index (κ1) is 15.6. The number of aryl methyl sites for hydroxylation is 1. The van der Waals surface area contributed by atoms with E-state index in [4.69, 9.17) is 4.74 Å². The van der Waals surface area contributed by atoms with Gasteiger partial charge in [0.15, 0.2) is 0 Å². The molecule has 0 atom stereocenters. The second-order valence-electron chi connectivity index (χ2n) is 4.72. The van der Waals surface area contributed by atoms with E-state index in [0.717, 1.165) is 23.1 Å². The summed E-state index contributed by atoms with van der Waals surface area (Å²) < 4.78 is 6.16. The standard InChI is InChI=1S/C17H18BrNO2/c1-21-16-6-2-4-13(12-16)5-3-11-19-17(20)14-7-9-15(18)10-8-14/h2,4,6-10,12H,3,5,11H2,1H3,(H,19,20). The van der Waals surface area contributed by atoms with Crippen molar-refractivity contribution in [2.45, 2.75) is 12.8 Å². The number of carbonyl (C=O) groups excluding carboxylic acids is 1. The Morgan fingerprint density at radius 3 is 2.67 bits per heavy atom. The Balaban J connectivity index is 1.76. The van der Waals surface area contributed by atoms with Crippen molar-refractivity contribution in [3.63, 3.8) is 0 Å². The zero-order chi connectivity index (χ0) is 15.1. The van der Waals surface area contributed by atoms with Crippen LogP contribution in [0.4, 0.5) is 0 Å². The number of carbonyl (C=O) groups is 1. The third-order valence-electron chi connectivity index (χ3n) is 3.17. The van der Waals surface area contributed by atoms with Gasteiger partial charge in [-0.1, -0.05) is 28.1 Å².